The van der Waals surface area contributed by atoms with Crippen molar-refractivity contribution in [3.63, 3.8) is 0 Å². The molecule has 0 atom stereocenters. The van der Waals surface area contributed by atoms with E-state index in [1.807, 2.05) is 24.3 Å². The number of para-hydroxylation sites is 1. The molecule has 0 radical (unpaired) electrons. The maximum absolute atomic E-state index is 12.1. The van der Waals surface area contributed by atoms with Crippen molar-refractivity contribution in [1.82, 2.24) is 9.71 Å². The summed E-state index contributed by atoms with van der Waals surface area (Å²) in [5, 5.41) is -0.148. The van der Waals surface area contributed by atoms with Gasteiger partial charge in [0.25, 0.3) is 10.0 Å². The van der Waals surface area contributed by atoms with Gasteiger partial charge in [0.15, 0.2) is 5.03 Å². The fraction of sp³-hybridized carbons (Fsp3) is 0.214. The lowest BCUT2D eigenvalue weighted by Crippen LogP contribution is -2.27. The van der Waals surface area contributed by atoms with Crippen LogP contribution < -0.4 is 15.2 Å². The summed E-state index contributed by atoms with van der Waals surface area (Å²) < 4.78 is 31.9. The lowest BCUT2D eigenvalue weighted by atomic mass is 10.1. The molecule has 2 aromatic rings. The number of nitrogens with two attached hydrogens (primary N) is 1. The molecular formula is C14H17N3O3S. The molecule has 6 nitrogen and oxygen atoms in total. The standard InChI is InChI=1S/C14H17N3O3S/c1-20-13-7-3-2-5-11(13)8-10-17-21(18,19)14-12(15)6-4-9-16-14/h2-7,9,17H,8,10,15H2,1H3. The van der Waals surface area contributed by atoms with Gasteiger partial charge in [-0.1, -0.05) is 18.2 Å². The van der Waals surface area contributed by atoms with Crippen molar-refractivity contribution in [3.05, 3.63) is 48.2 Å². The van der Waals surface area contributed by atoms with Crippen LogP contribution in [0.15, 0.2) is 47.6 Å². The van der Waals surface area contributed by atoms with Gasteiger partial charge in [0, 0.05) is 12.7 Å². The molecule has 0 aliphatic carbocycles. The van der Waals surface area contributed by atoms with Crippen molar-refractivity contribution in [2.45, 2.75) is 11.4 Å². The van der Waals surface area contributed by atoms with Crippen LogP contribution in [0.1, 0.15) is 5.56 Å². The third-order valence-electron chi connectivity index (χ3n) is 2.93. The Balaban J connectivity index is 2.05. The van der Waals surface area contributed by atoms with E-state index in [2.05, 4.69) is 9.71 Å². The van der Waals surface area contributed by atoms with Gasteiger partial charge < -0.3 is 10.5 Å². The molecule has 0 spiro atoms. The Morgan fingerprint density at radius 2 is 2.00 bits per heavy atom. The molecule has 0 saturated carbocycles. The topological polar surface area (TPSA) is 94.3 Å². The van der Waals surface area contributed by atoms with Crippen LogP contribution in [0.3, 0.4) is 0 Å². The number of hydrogen-bond donors (Lipinski definition) is 2. The molecule has 1 heterocycles. The highest BCUT2D eigenvalue weighted by molar-refractivity contribution is 7.89. The highest BCUT2D eigenvalue weighted by Gasteiger charge is 2.18. The van der Waals surface area contributed by atoms with Crippen LogP contribution in [0.25, 0.3) is 0 Å². The molecule has 0 aliphatic heterocycles. The molecule has 0 amide bonds. The first-order valence-electron chi connectivity index (χ1n) is 6.36. The molecule has 21 heavy (non-hydrogen) atoms. The predicted molar refractivity (Wildman–Crippen MR) is 80.5 cm³/mol. The summed E-state index contributed by atoms with van der Waals surface area (Å²) >= 11 is 0. The summed E-state index contributed by atoms with van der Waals surface area (Å²) in [6.07, 6.45) is 1.90. The largest absolute Gasteiger partial charge is 0.496 e. The zero-order valence-corrected chi connectivity index (χ0v) is 12.4. The van der Waals surface area contributed by atoms with E-state index in [1.54, 1.807) is 13.2 Å². The number of aromatic nitrogens is 1. The number of nitrogens with one attached hydrogen (secondary N) is 1. The van der Waals surface area contributed by atoms with Gasteiger partial charge in [-0.2, -0.15) is 0 Å². The van der Waals surface area contributed by atoms with Crippen LogP contribution in [0.2, 0.25) is 0 Å². The highest BCUT2D eigenvalue weighted by atomic mass is 32.2. The molecule has 0 bridgehead atoms. The average molecular weight is 307 g/mol. The van der Waals surface area contributed by atoms with Gasteiger partial charge >= 0.3 is 0 Å². The average Bonchev–Trinajstić information content (AvgIpc) is 2.48. The fourth-order valence-corrected chi connectivity index (χ4v) is 3.01. The summed E-state index contributed by atoms with van der Waals surface area (Å²) in [6, 6.07) is 10.6. The van der Waals surface area contributed by atoms with Crippen LogP contribution in [-0.2, 0) is 16.4 Å². The van der Waals surface area contributed by atoms with E-state index in [-0.39, 0.29) is 17.3 Å². The Hall–Kier alpha value is -2.12. The zero-order valence-electron chi connectivity index (χ0n) is 11.6. The molecule has 1 aromatic carbocycles. The second-order valence-electron chi connectivity index (χ2n) is 4.36. The first-order valence-corrected chi connectivity index (χ1v) is 7.85. The van der Waals surface area contributed by atoms with Crippen molar-refractivity contribution >= 4 is 15.7 Å². The zero-order chi connectivity index (χ0) is 15.3. The second-order valence-corrected chi connectivity index (χ2v) is 6.04. The first-order chi connectivity index (χ1) is 10.0. The van der Waals surface area contributed by atoms with Crippen LogP contribution in [0.5, 0.6) is 5.75 Å². The Labute approximate surface area is 124 Å². The molecule has 1 aromatic heterocycles. The second kappa shape index (κ2) is 6.55. The summed E-state index contributed by atoms with van der Waals surface area (Å²) in [5.41, 5.74) is 6.69. The number of hydrogen-bond acceptors (Lipinski definition) is 5. The molecule has 0 unspecified atom stereocenters. The molecule has 7 heteroatoms. The number of sulfonamides is 1. The van der Waals surface area contributed by atoms with E-state index in [0.717, 1.165) is 11.3 Å². The predicted octanol–water partition coefficient (Wildman–Crippen LogP) is 1.19. The number of nitrogen functional groups attached to an aromatic ring is 1. The van der Waals surface area contributed by atoms with Gasteiger partial charge in [-0.05, 0) is 30.2 Å². The van der Waals surface area contributed by atoms with E-state index in [0.29, 0.717) is 6.42 Å². The number of ether oxygens (including phenoxy) is 1. The van der Waals surface area contributed by atoms with E-state index in [1.165, 1.54) is 12.3 Å². The number of benzene rings is 1. The smallest absolute Gasteiger partial charge is 0.260 e. The van der Waals surface area contributed by atoms with E-state index < -0.39 is 10.0 Å². The Bertz CT molecular complexity index is 717. The minimum absolute atomic E-state index is 0.127. The maximum Gasteiger partial charge on any atom is 0.260 e. The van der Waals surface area contributed by atoms with Gasteiger partial charge in [0.1, 0.15) is 5.75 Å². The van der Waals surface area contributed by atoms with Gasteiger partial charge in [0.05, 0.1) is 12.8 Å². The maximum atomic E-state index is 12.1. The third kappa shape index (κ3) is 3.71. The number of nitrogens with zero attached hydrogens (tertiary/aromatic N) is 1. The SMILES string of the molecule is COc1ccccc1CCNS(=O)(=O)c1ncccc1N. The van der Waals surface area contributed by atoms with Crippen LogP contribution in [0, 0.1) is 0 Å². The first kappa shape index (κ1) is 15.3. The summed E-state index contributed by atoms with van der Waals surface area (Å²) in [7, 11) is -2.13. The number of rotatable bonds is 6. The molecule has 0 saturated heterocycles. The van der Waals surface area contributed by atoms with Gasteiger partial charge in [-0.3, -0.25) is 0 Å². The van der Waals surface area contributed by atoms with Crippen LogP contribution >= 0.6 is 0 Å². The van der Waals surface area contributed by atoms with Crippen LogP contribution in [0.4, 0.5) is 5.69 Å². The summed E-state index contributed by atoms with van der Waals surface area (Å²) in [5.74, 6) is 0.731. The minimum Gasteiger partial charge on any atom is -0.496 e. The van der Waals surface area contributed by atoms with Crippen LogP contribution in [-0.4, -0.2) is 27.1 Å². The molecule has 2 rings (SSSR count). The minimum atomic E-state index is -3.71. The van der Waals surface area contributed by atoms with Gasteiger partial charge in [-0.25, -0.2) is 18.1 Å². The Morgan fingerprint density at radius 3 is 2.71 bits per heavy atom. The van der Waals surface area contributed by atoms with Crippen molar-refractivity contribution in [2.24, 2.45) is 0 Å². The Morgan fingerprint density at radius 1 is 1.24 bits per heavy atom. The van der Waals surface area contributed by atoms with Crippen molar-refractivity contribution in [1.29, 1.82) is 0 Å². The third-order valence-corrected chi connectivity index (χ3v) is 4.37. The number of methoxy groups -OCH3 is 1. The fourth-order valence-electron chi connectivity index (χ4n) is 1.93. The van der Waals surface area contributed by atoms with Crippen molar-refractivity contribution in [2.75, 3.05) is 19.4 Å². The lowest BCUT2D eigenvalue weighted by molar-refractivity contribution is 0.409. The molecule has 3 N–H and O–H groups in total. The number of pyridine rings is 1. The van der Waals surface area contributed by atoms with E-state index in [4.69, 9.17) is 10.5 Å². The van der Waals surface area contributed by atoms with Gasteiger partial charge in [0.2, 0.25) is 0 Å². The quantitative estimate of drug-likeness (QED) is 0.836. The normalized spacial score (nSPS) is 11.3. The van der Waals surface area contributed by atoms with Crippen molar-refractivity contribution < 1.29 is 13.2 Å². The highest BCUT2D eigenvalue weighted by Crippen LogP contribution is 2.18. The lowest BCUT2D eigenvalue weighted by Gasteiger charge is -2.10. The number of anilines is 1. The molecule has 112 valence electrons. The summed E-state index contributed by atoms with van der Waals surface area (Å²) in [6.45, 7) is 0.235. The molecular weight excluding hydrogens is 290 g/mol. The summed E-state index contributed by atoms with van der Waals surface area (Å²) in [4.78, 5) is 3.81. The monoisotopic (exact) mass is 307 g/mol. The molecule has 0 aliphatic rings. The van der Waals surface area contributed by atoms with Gasteiger partial charge in [-0.15, -0.1) is 0 Å². The van der Waals surface area contributed by atoms with E-state index in [9.17, 15) is 8.42 Å². The molecule has 0 fully saturated rings. The van der Waals surface area contributed by atoms with E-state index >= 15 is 0 Å². The Kier molecular flexibility index (Phi) is 4.77. The van der Waals surface area contributed by atoms with Crippen molar-refractivity contribution in [3.8, 4) is 5.75 Å².